The van der Waals surface area contributed by atoms with E-state index in [0.29, 0.717) is 24.3 Å². The molecule has 0 aromatic heterocycles. The van der Waals surface area contributed by atoms with Gasteiger partial charge in [0.2, 0.25) is 5.91 Å². The molecule has 4 amide bonds. The third kappa shape index (κ3) is 3.09. The number of urea groups is 1. The zero-order valence-corrected chi connectivity index (χ0v) is 18.1. The van der Waals surface area contributed by atoms with Crippen LogP contribution in [0.2, 0.25) is 0 Å². The lowest BCUT2D eigenvalue weighted by Gasteiger charge is -2.55. The van der Waals surface area contributed by atoms with Crippen molar-refractivity contribution < 1.29 is 19.3 Å². The van der Waals surface area contributed by atoms with Crippen LogP contribution in [0.15, 0.2) is 48.5 Å². The van der Waals surface area contributed by atoms with Gasteiger partial charge in [-0.25, -0.2) is 9.69 Å². The van der Waals surface area contributed by atoms with Crippen molar-refractivity contribution >= 4 is 34.9 Å². The van der Waals surface area contributed by atoms with Crippen molar-refractivity contribution in [3.8, 4) is 0 Å². The predicted molar refractivity (Wildman–Crippen MR) is 120 cm³/mol. The Kier molecular flexibility index (Phi) is 4.89. The highest BCUT2D eigenvalue weighted by Crippen LogP contribution is 2.47. The van der Waals surface area contributed by atoms with Crippen LogP contribution in [0.25, 0.3) is 0 Å². The first-order valence-corrected chi connectivity index (χ1v) is 10.9. The number of amides is 4. The quantitative estimate of drug-likeness (QED) is 0.432. The van der Waals surface area contributed by atoms with E-state index in [0.717, 1.165) is 23.7 Å². The highest BCUT2D eigenvalue weighted by atomic mass is 16.6. The van der Waals surface area contributed by atoms with Crippen LogP contribution < -0.4 is 15.1 Å². The Balaban J connectivity index is 1.68. The number of para-hydroxylation sites is 1. The molecule has 0 unspecified atom stereocenters. The van der Waals surface area contributed by atoms with Gasteiger partial charge in [-0.2, -0.15) is 0 Å². The molecule has 1 spiro atoms. The van der Waals surface area contributed by atoms with Crippen LogP contribution in [0.1, 0.15) is 12.5 Å². The summed E-state index contributed by atoms with van der Waals surface area (Å²) < 4.78 is 0. The molecule has 0 bridgehead atoms. The number of nitrogens with zero attached hydrogens (tertiary/aromatic N) is 4. The fraction of sp³-hybridized carbons (Fsp3) is 0.348. The highest BCUT2D eigenvalue weighted by Gasteiger charge is 2.63. The number of likely N-dealkylation sites (N-methyl/N-ethyl adjacent to an activating group) is 1. The SMILES string of the molecule is CCN1CCN2c3ccc([N+](=O)[O-])cc3C[C@@]3(C(=O)NC(=O)N(c4ccccc4)C3=O)[C@H]2C1. The van der Waals surface area contributed by atoms with Gasteiger partial charge in [-0.1, -0.05) is 25.1 Å². The van der Waals surface area contributed by atoms with Gasteiger partial charge < -0.3 is 4.90 Å². The number of nitrogens with one attached hydrogen (secondary N) is 1. The molecule has 1 N–H and O–H groups in total. The van der Waals surface area contributed by atoms with Crippen LogP contribution in [0.5, 0.6) is 0 Å². The minimum atomic E-state index is -1.60. The molecule has 2 aromatic rings. The van der Waals surface area contributed by atoms with Crippen LogP contribution in [0, 0.1) is 15.5 Å². The van der Waals surface area contributed by atoms with E-state index < -0.39 is 34.2 Å². The molecule has 3 heterocycles. The van der Waals surface area contributed by atoms with E-state index in [1.807, 2.05) is 11.8 Å². The molecule has 0 aliphatic carbocycles. The summed E-state index contributed by atoms with van der Waals surface area (Å²) in [4.78, 5) is 56.4. The number of carbonyl (C=O) groups excluding carboxylic acids is 3. The normalized spacial score (nSPS) is 25.0. The van der Waals surface area contributed by atoms with Crippen molar-refractivity contribution in [2.45, 2.75) is 19.4 Å². The van der Waals surface area contributed by atoms with E-state index in [1.54, 1.807) is 36.4 Å². The first-order chi connectivity index (χ1) is 15.9. The number of barbiturate groups is 1. The van der Waals surface area contributed by atoms with Gasteiger partial charge in [-0.3, -0.25) is 29.9 Å². The van der Waals surface area contributed by atoms with E-state index in [9.17, 15) is 24.5 Å². The second-order valence-corrected chi connectivity index (χ2v) is 8.56. The van der Waals surface area contributed by atoms with Gasteiger partial charge >= 0.3 is 6.03 Å². The third-order valence-electron chi connectivity index (χ3n) is 6.96. The summed E-state index contributed by atoms with van der Waals surface area (Å²) in [5, 5.41) is 13.8. The van der Waals surface area contributed by atoms with Gasteiger partial charge in [0.1, 0.15) is 0 Å². The maximum Gasteiger partial charge on any atom is 0.335 e. The third-order valence-corrected chi connectivity index (χ3v) is 6.96. The molecular weight excluding hydrogens is 426 g/mol. The first-order valence-electron chi connectivity index (χ1n) is 10.9. The maximum absolute atomic E-state index is 14.1. The van der Waals surface area contributed by atoms with Gasteiger partial charge in [-0.15, -0.1) is 0 Å². The largest absolute Gasteiger partial charge is 0.364 e. The number of imide groups is 2. The molecule has 3 aliphatic heterocycles. The van der Waals surface area contributed by atoms with Crippen LogP contribution >= 0.6 is 0 Å². The fourth-order valence-electron chi connectivity index (χ4n) is 5.28. The minimum Gasteiger partial charge on any atom is -0.364 e. The van der Waals surface area contributed by atoms with Crippen molar-refractivity contribution in [2.75, 3.05) is 36.0 Å². The standard InChI is InChI=1S/C23H23N5O5/c1-2-25-10-11-26-18-9-8-17(28(32)33)12-15(18)13-23(19(26)14-25)20(29)24-22(31)27(21(23)30)16-6-4-3-5-7-16/h3-9,12,19H,2,10-11,13-14H2,1H3,(H,24,29,31)/t19-,23+/m1/s1. The molecule has 2 saturated heterocycles. The Morgan fingerprint density at radius 1 is 1.12 bits per heavy atom. The maximum atomic E-state index is 14.1. The summed E-state index contributed by atoms with van der Waals surface area (Å²) >= 11 is 0. The Morgan fingerprint density at radius 3 is 2.58 bits per heavy atom. The molecule has 170 valence electrons. The van der Waals surface area contributed by atoms with E-state index in [4.69, 9.17) is 0 Å². The summed E-state index contributed by atoms with van der Waals surface area (Å²) in [6.07, 6.45) is -0.0238. The molecule has 33 heavy (non-hydrogen) atoms. The molecule has 2 aromatic carbocycles. The van der Waals surface area contributed by atoms with Gasteiger partial charge in [0, 0.05) is 43.9 Å². The lowest BCUT2D eigenvalue weighted by Crippen LogP contribution is -2.75. The average molecular weight is 449 g/mol. The van der Waals surface area contributed by atoms with Gasteiger partial charge in [0.05, 0.1) is 16.7 Å². The molecule has 2 fully saturated rings. The smallest absolute Gasteiger partial charge is 0.335 e. The van der Waals surface area contributed by atoms with Gasteiger partial charge in [-0.05, 0) is 30.3 Å². The fourth-order valence-corrected chi connectivity index (χ4v) is 5.28. The van der Waals surface area contributed by atoms with Crippen LogP contribution in [-0.4, -0.2) is 59.9 Å². The molecule has 10 heteroatoms. The Hall–Kier alpha value is -3.79. The highest BCUT2D eigenvalue weighted by molar-refractivity contribution is 6.30. The number of fused-ring (bicyclic) bond motifs is 4. The second kappa shape index (κ2) is 7.66. The number of rotatable bonds is 3. The number of carbonyl (C=O) groups is 3. The van der Waals surface area contributed by atoms with E-state index in [1.165, 1.54) is 12.1 Å². The number of piperazine rings is 1. The number of hydrogen-bond donors (Lipinski definition) is 1. The predicted octanol–water partition coefficient (Wildman–Crippen LogP) is 1.93. The lowest BCUT2D eigenvalue weighted by molar-refractivity contribution is -0.384. The minimum absolute atomic E-state index is 0.0238. The number of anilines is 2. The van der Waals surface area contributed by atoms with E-state index in [2.05, 4.69) is 10.2 Å². The van der Waals surface area contributed by atoms with Crippen molar-refractivity contribution in [2.24, 2.45) is 5.41 Å². The van der Waals surface area contributed by atoms with Crippen molar-refractivity contribution in [1.29, 1.82) is 0 Å². The van der Waals surface area contributed by atoms with Crippen LogP contribution in [0.4, 0.5) is 21.9 Å². The summed E-state index contributed by atoms with van der Waals surface area (Å²) in [5.41, 5.74) is 0.00687. The van der Waals surface area contributed by atoms with Crippen LogP contribution in [0.3, 0.4) is 0 Å². The molecule has 0 saturated carbocycles. The lowest BCUT2D eigenvalue weighted by atomic mass is 9.67. The zero-order valence-electron chi connectivity index (χ0n) is 18.1. The molecule has 2 atom stereocenters. The number of nitro groups is 1. The summed E-state index contributed by atoms with van der Waals surface area (Å²) in [6.45, 7) is 4.53. The zero-order chi connectivity index (χ0) is 23.3. The summed E-state index contributed by atoms with van der Waals surface area (Å²) in [6, 6.07) is 11.7. The van der Waals surface area contributed by atoms with Gasteiger partial charge in [0.15, 0.2) is 5.41 Å². The van der Waals surface area contributed by atoms with Crippen molar-refractivity contribution in [3.63, 3.8) is 0 Å². The molecular formula is C23H23N5O5. The number of benzene rings is 2. The van der Waals surface area contributed by atoms with Gasteiger partial charge in [0.25, 0.3) is 11.6 Å². The summed E-state index contributed by atoms with van der Waals surface area (Å²) in [5.74, 6) is -1.26. The monoisotopic (exact) mass is 449 g/mol. The van der Waals surface area contributed by atoms with E-state index in [-0.39, 0.29) is 12.1 Å². The Labute approximate surface area is 189 Å². The number of nitro benzene ring substituents is 1. The van der Waals surface area contributed by atoms with Crippen molar-refractivity contribution in [1.82, 2.24) is 10.2 Å². The van der Waals surface area contributed by atoms with Crippen molar-refractivity contribution in [3.05, 3.63) is 64.2 Å². The first kappa shape index (κ1) is 21.1. The topological polar surface area (TPSA) is 116 Å². The molecule has 10 nitrogen and oxygen atoms in total. The molecule has 3 aliphatic rings. The van der Waals surface area contributed by atoms with E-state index >= 15 is 0 Å². The number of non-ortho nitro benzene ring substituents is 1. The Morgan fingerprint density at radius 2 is 1.88 bits per heavy atom. The second-order valence-electron chi connectivity index (χ2n) is 8.56. The molecule has 5 rings (SSSR count). The number of hydrogen-bond acceptors (Lipinski definition) is 7. The molecule has 0 radical (unpaired) electrons. The summed E-state index contributed by atoms with van der Waals surface area (Å²) in [7, 11) is 0. The average Bonchev–Trinajstić information content (AvgIpc) is 2.82. The van der Waals surface area contributed by atoms with Crippen LogP contribution in [-0.2, 0) is 16.0 Å². The Bertz CT molecular complexity index is 1170.